The molecule has 6 heteroatoms. The monoisotopic (exact) mass is 371 g/mol. The number of para-hydroxylation sites is 1. The Hall–Kier alpha value is -2.44. The summed E-state index contributed by atoms with van der Waals surface area (Å²) in [5.41, 5.74) is 4.33. The molecule has 0 atom stereocenters. The van der Waals surface area contributed by atoms with Gasteiger partial charge in [-0.1, -0.05) is 34.1 Å². The van der Waals surface area contributed by atoms with Gasteiger partial charge in [-0.3, -0.25) is 19.6 Å². The fraction of sp³-hybridized carbons (Fsp3) is 0.0588. The van der Waals surface area contributed by atoms with E-state index in [1.165, 1.54) is 0 Å². The first-order chi connectivity index (χ1) is 11.0. The summed E-state index contributed by atoms with van der Waals surface area (Å²) >= 11 is 3.35. The number of nitrogens with two attached hydrogens (primary N) is 1. The Morgan fingerprint density at radius 2 is 1.74 bits per heavy atom. The topological polar surface area (TPSA) is 77.1 Å². The zero-order valence-corrected chi connectivity index (χ0v) is 13.9. The second-order valence-electron chi connectivity index (χ2n) is 5.10. The number of halogens is 1. The van der Waals surface area contributed by atoms with Gasteiger partial charge >= 0.3 is 0 Å². The van der Waals surface area contributed by atoms with E-state index in [0.29, 0.717) is 27.7 Å². The molecule has 0 aliphatic rings. The summed E-state index contributed by atoms with van der Waals surface area (Å²) in [5.74, 6) is 4.67. The van der Waals surface area contributed by atoms with Gasteiger partial charge in [0.1, 0.15) is 0 Å². The lowest BCUT2D eigenvalue weighted by Crippen LogP contribution is -2.30. The van der Waals surface area contributed by atoms with Gasteiger partial charge in [-0.05, 0) is 37.3 Å². The lowest BCUT2D eigenvalue weighted by atomic mass is 10.1. The molecule has 23 heavy (non-hydrogen) atoms. The van der Waals surface area contributed by atoms with Crippen LogP contribution in [0.1, 0.15) is 26.4 Å². The Morgan fingerprint density at radius 3 is 2.39 bits per heavy atom. The van der Waals surface area contributed by atoms with Crippen LogP contribution in [0.4, 0.5) is 0 Å². The van der Waals surface area contributed by atoms with Crippen molar-refractivity contribution in [2.24, 2.45) is 5.84 Å². The van der Waals surface area contributed by atoms with Gasteiger partial charge in [0.2, 0.25) is 0 Å². The Balaban J connectivity index is 2.25. The number of nitrogens with zero attached hydrogens (tertiary/aromatic N) is 1. The molecule has 3 N–H and O–H groups in total. The molecule has 0 saturated carbocycles. The van der Waals surface area contributed by atoms with Crippen LogP contribution in [0.3, 0.4) is 0 Å². The Morgan fingerprint density at radius 1 is 1.09 bits per heavy atom. The summed E-state index contributed by atoms with van der Waals surface area (Å²) in [6, 6.07) is 14.4. The van der Waals surface area contributed by atoms with Crippen LogP contribution in [0.5, 0.6) is 0 Å². The van der Waals surface area contributed by atoms with Gasteiger partial charge < -0.3 is 0 Å². The summed E-state index contributed by atoms with van der Waals surface area (Å²) in [6.07, 6.45) is 0. The average molecular weight is 372 g/mol. The molecule has 0 bridgehead atoms. The molecule has 1 heterocycles. The molecule has 0 aliphatic carbocycles. The second-order valence-corrected chi connectivity index (χ2v) is 6.01. The highest BCUT2D eigenvalue weighted by Gasteiger charge is 2.23. The summed E-state index contributed by atoms with van der Waals surface area (Å²) in [5, 5.41) is 0.693. The summed E-state index contributed by atoms with van der Waals surface area (Å²) < 4.78 is 2.44. The van der Waals surface area contributed by atoms with Crippen molar-refractivity contribution in [3.8, 4) is 0 Å². The third-order valence-electron chi connectivity index (χ3n) is 3.76. The van der Waals surface area contributed by atoms with E-state index in [4.69, 9.17) is 5.84 Å². The van der Waals surface area contributed by atoms with E-state index >= 15 is 0 Å². The average Bonchev–Trinajstić information content (AvgIpc) is 2.86. The molecular formula is C17H14BrN3O2. The number of carbonyl (C=O) groups excluding carboxylic acids is 2. The molecule has 0 saturated heterocycles. The predicted molar refractivity (Wildman–Crippen MR) is 92.2 cm³/mol. The van der Waals surface area contributed by atoms with Crippen molar-refractivity contribution in [2.75, 3.05) is 0 Å². The maximum absolute atomic E-state index is 12.9. The van der Waals surface area contributed by atoms with E-state index < -0.39 is 5.91 Å². The number of hydrazine groups is 1. The lowest BCUT2D eigenvalue weighted by Gasteiger charge is -2.07. The van der Waals surface area contributed by atoms with Crippen LogP contribution in [-0.2, 0) is 0 Å². The molecular weight excluding hydrogens is 358 g/mol. The molecule has 3 rings (SSSR count). The van der Waals surface area contributed by atoms with E-state index in [1.54, 1.807) is 29.7 Å². The Labute approximate surface area is 141 Å². The Kier molecular flexibility index (Phi) is 4.02. The number of rotatable bonds is 2. The first-order valence-electron chi connectivity index (χ1n) is 6.96. The third-order valence-corrected chi connectivity index (χ3v) is 4.29. The van der Waals surface area contributed by atoms with Gasteiger partial charge in [0, 0.05) is 21.1 Å². The fourth-order valence-corrected chi connectivity index (χ4v) is 2.97. The number of benzene rings is 2. The van der Waals surface area contributed by atoms with Crippen molar-refractivity contribution in [3.05, 3.63) is 69.8 Å². The van der Waals surface area contributed by atoms with E-state index in [2.05, 4.69) is 21.4 Å². The number of hydrogen-bond donors (Lipinski definition) is 2. The van der Waals surface area contributed by atoms with Gasteiger partial charge in [0.25, 0.3) is 11.8 Å². The molecule has 0 unspecified atom stereocenters. The minimum atomic E-state index is -0.416. The van der Waals surface area contributed by atoms with Crippen LogP contribution in [0.2, 0.25) is 0 Å². The van der Waals surface area contributed by atoms with Gasteiger partial charge in [-0.15, -0.1) is 0 Å². The summed E-state index contributed by atoms with van der Waals surface area (Å²) in [7, 11) is 0. The van der Waals surface area contributed by atoms with E-state index in [9.17, 15) is 9.59 Å². The van der Waals surface area contributed by atoms with Crippen LogP contribution in [0.15, 0.2) is 53.0 Å². The van der Waals surface area contributed by atoms with Crippen molar-refractivity contribution in [1.29, 1.82) is 0 Å². The van der Waals surface area contributed by atoms with E-state index in [0.717, 1.165) is 4.47 Å². The van der Waals surface area contributed by atoms with Gasteiger partial charge in [0.15, 0.2) is 0 Å². The quantitative estimate of drug-likeness (QED) is 0.413. The first kappa shape index (κ1) is 15.5. The summed E-state index contributed by atoms with van der Waals surface area (Å²) in [6.45, 7) is 1.74. The molecule has 3 aromatic rings. The van der Waals surface area contributed by atoms with Crippen LogP contribution in [0, 0.1) is 6.92 Å². The number of amides is 1. The number of aromatic nitrogens is 1. The maximum atomic E-state index is 12.9. The van der Waals surface area contributed by atoms with Gasteiger partial charge in [-0.2, -0.15) is 0 Å². The largest absolute Gasteiger partial charge is 0.290 e. The van der Waals surface area contributed by atoms with Crippen molar-refractivity contribution < 1.29 is 9.59 Å². The van der Waals surface area contributed by atoms with Crippen molar-refractivity contribution >= 4 is 38.6 Å². The van der Waals surface area contributed by atoms with Crippen LogP contribution in [-0.4, -0.2) is 16.4 Å². The molecule has 1 aromatic heterocycles. The molecule has 0 fully saturated rings. The van der Waals surface area contributed by atoms with Crippen LogP contribution < -0.4 is 11.3 Å². The minimum absolute atomic E-state index is 0.192. The number of hydrogen-bond acceptors (Lipinski definition) is 3. The number of nitrogens with one attached hydrogen (secondary N) is 1. The van der Waals surface area contributed by atoms with Crippen molar-refractivity contribution in [2.45, 2.75) is 6.92 Å². The SMILES string of the molecule is Cc1c(C(=O)NN)c2ccccc2n1C(=O)c1ccc(Br)cc1. The van der Waals surface area contributed by atoms with E-state index in [1.807, 2.05) is 30.3 Å². The molecule has 0 aliphatic heterocycles. The molecule has 1 amide bonds. The standard InChI is InChI=1S/C17H14BrN3O2/c1-10-15(16(22)20-19)13-4-2-3-5-14(13)21(10)17(23)11-6-8-12(18)9-7-11/h2-9H,19H2,1H3,(H,20,22). The molecule has 0 spiro atoms. The third kappa shape index (κ3) is 2.56. The minimum Gasteiger partial charge on any atom is -0.290 e. The smallest absolute Gasteiger partial charge is 0.267 e. The van der Waals surface area contributed by atoms with Crippen LogP contribution >= 0.6 is 15.9 Å². The number of fused-ring (bicyclic) bond motifs is 1. The molecule has 116 valence electrons. The molecule has 2 aromatic carbocycles. The predicted octanol–water partition coefficient (Wildman–Crippen LogP) is 3.00. The highest BCUT2D eigenvalue weighted by atomic mass is 79.9. The van der Waals surface area contributed by atoms with Gasteiger partial charge in [-0.25, -0.2) is 5.84 Å². The lowest BCUT2D eigenvalue weighted by molar-refractivity contribution is 0.0954. The van der Waals surface area contributed by atoms with Crippen molar-refractivity contribution in [3.63, 3.8) is 0 Å². The second kappa shape index (κ2) is 5.98. The van der Waals surface area contributed by atoms with Gasteiger partial charge in [0.05, 0.1) is 11.1 Å². The van der Waals surface area contributed by atoms with Crippen LogP contribution in [0.25, 0.3) is 10.9 Å². The molecule has 5 nitrogen and oxygen atoms in total. The molecule has 0 radical (unpaired) electrons. The summed E-state index contributed by atoms with van der Waals surface area (Å²) in [4.78, 5) is 25.0. The maximum Gasteiger partial charge on any atom is 0.267 e. The zero-order chi connectivity index (χ0) is 16.6. The Bertz CT molecular complexity index is 913. The van der Waals surface area contributed by atoms with Crippen molar-refractivity contribution in [1.82, 2.24) is 9.99 Å². The highest BCUT2D eigenvalue weighted by Crippen LogP contribution is 2.27. The highest BCUT2D eigenvalue weighted by molar-refractivity contribution is 9.10. The number of carbonyl (C=O) groups is 2. The van der Waals surface area contributed by atoms with E-state index in [-0.39, 0.29) is 5.91 Å². The normalized spacial score (nSPS) is 10.7. The first-order valence-corrected chi connectivity index (χ1v) is 7.75. The number of nitrogen functional groups attached to an aromatic ring is 1. The zero-order valence-electron chi connectivity index (χ0n) is 12.3. The fourth-order valence-electron chi connectivity index (χ4n) is 2.71.